The number of hydrogen-bond donors (Lipinski definition) is 0. The average Bonchev–Trinajstić information content (AvgIpc) is 2.99. The van der Waals surface area contributed by atoms with Crippen molar-refractivity contribution < 1.29 is 39.8 Å². The van der Waals surface area contributed by atoms with E-state index in [2.05, 4.69) is 0 Å². The smallest absolute Gasteiger partial charge is 0.249 e. The first-order valence-corrected chi connectivity index (χ1v) is 16.0. The van der Waals surface area contributed by atoms with Crippen LogP contribution in [0, 0.1) is 11.6 Å². The molecule has 0 aliphatic carbocycles. The number of rotatable bonds is 8. The molecule has 3 aromatic rings. The molecule has 0 saturated carbocycles. The summed E-state index contributed by atoms with van der Waals surface area (Å²) in [4.78, 5) is 0.874. The van der Waals surface area contributed by atoms with Gasteiger partial charge in [0.1, 0.15) is 17.4 Å². The first kappa shape index (κ1) is 30.0. The van der Waals surface area contributed by atoms with Gasteiger partial charge in [0.2, 0.25) is 20.0 Å². The van der Waals surface area contributed by atoms with E-state index in [4.69, 9.17) is 14.2 Å². The second kappa shape index (κ2) is 11.7. The number of halogens is 2. The van der Waals surface area contributed by atoms with Gasteiger partial charge < -0.3 is 19.1 Å². The molecule has 2 heterocycles. The van der Waals surface area contributed by atoms with Crippen molar-refractivity contribution in [3.8, 4) is 17.2 Å². The number of fused-ring (bicyclic) bond motifs is 1. The van der Waals surface area contributed by atoms with Gasteiger partial charge in [-0.05, 0) is 60.0 Å². The minimum Gasteiger partial charge on any atom is -0.495 e. The number of ether oxygens (including phenoxy) is 3. The van der Waals surface area contributed by atoms with E-state index in [-0.39, 0.29) is 44.2 Å². The Morgan fingerprint density at radius 1 is 0.667 bits per heavy atom. The molecule has 3 aromatic carbocycles. The Balaban J connectivity index is 1.37. The predicted octanol–water partition coefficient (Wildman–Crippen LogP) is 3.25. The van der Waals surface area contributed by atoms with Gasteiger partial charge in [0.25, 0.3) is 0 Å². The van der Waals surface area contributed by atoms with Crippen LogP contribution in [0.15, 0.2) is 58.3 Å². The number of methoxy groups -OCH3 is 3. The minimum atomic E-state index is -4.42. The Morgan fingerprint density at radius 3 is 1.86 bits per heavy atom. The highest BCUT2D eigenvalue weighted by molar-refractivity contribution is 7.89. The third-order valence-electron chi connectivity index (χ3n) is 7.57. The molecule has 0 amide bonds. The van der Waals surface area contributed by atoms with Crippen molar-refractivity contribution in [1.82, 2.24) is 8.61 Å². The molecular weight excluding hydrogens is 592 g/mol. The maximum Gasteiger partial charge on any atom is 0.249 e. The van der Waals surface area contributed by atoms with Crippen molar-refractivity contribution in [1.29, 1.82) is 0 Å². The summed E-state index contributed by atoms with van der Waals surface area (Å²) in [6.45, 7) is 0.592. The number of piperazine rings is 1. The number of benzene rings is 3. The molecule has 0 unspecified atom stereocenters. The number of hydrogen-bond acceptors (Lipinski definition) is 8. The number of anilines is 1. The van der Waals surface area contributed by atoms with Gasteiger partial charge in [-0.2, -0.15) is 8.61 Å². The average molecular weight is 624 g/mol. The Bertz CT molecular complexity index is 1690. The van der Waals surface area contributed by atoms with Crippen molar-refractivity contribution in [2.24, 2.45) is 0 Å². The summed E-state index contributed by atoms with van der Waals surface area (Å²) in [5.41, 5.74) is 2.27. The molecule has 2 aliphatic rings. The van der Waals surface area contributed by atoms with E-state index in [1.165, 1.54) is 30.7 Å². The Labute approximate surface area is 244 Å². The molecule has 0 radical (unpaired) electrons. The van der Waals surface area contributed by atoms with Gasteiger partial charge in [-0.1, -0.05) is 6.07 Å². The molecule has 2 aliphatic heterocycles. The highest BCUT2D eigenvalue weighted by atomic mass is 32.2. The summed E-state index contributed by atoms with van der Waals surface area (Å²) in [7, 11) is -3.81. The van der Waals surface area contributed by atoms with Crippen LogP contribution < -0.4 is 19.1 Å². The van der Waals surface area contributed by atoms with E-state index in [1.54, 1.807) is 24.1 Å². The van der Waals surface area contributed by atoms with Crippen LogP contribution >= 0.6 is 0 Å². The zero-order valence-corrected chi connectivity index (χ0v) is 25.0. The van der Waals surface area contributed by atoms with Gasteiger partial charge in [-0.25, -0.2) is 25.6 Å². The van der Waals surface area contributed by atoms with Gasteiger partial charge in [-0.15, -0.1) is 0 Å². The molecule has 0 aromatic heterocycles. The van der Waals surface area contributed by atoms with Crippen LogP contribution in [-0.2, 0) is 33.0 Å². The SMILES string of the molecule is COc1cc2c(cc1OC)CN(S(=O)(=O)c1ccc(OC)c(N3CCN(S(=O)(=O)c4c(F)cccc4F)CC3)c1)CC2. The fraction of sp³-hybridized carbons (Fsp3) is 0.357. The van der Waals surface area contributed by atoms with Crippen molar-refractivity contribution in [3.63, 3.8) is 0 Å². The maximum atomic E-state index is 14.3. The summed E-state index contributed by atoms with van der Waals surface area (Å²) in [6.07, 6.45) is 0.497. The van der Waals surface area contributed by atoms with Crippen LogP contribution in [0.1, 0.15) is 11.1 Å². The lowest BCUT2D eigenvalue weighted by molar-refractivity contribution is 0.348. The van der Waals surface area contributed by atoms with Gasteiger partial charge in [0.15, 0.2) is 16.4 Å². The molecule has 0 bridgehead atoms. The quantitative estimate of drug-likeness (QED) is 0.377. The van der Waals surface area contributed by atoms with Crippen LogP contribution in [0.2, 0.25) is 0 Å². The van der Waals surface area contributed by atoms with E-state index < -0.39 is 36.6 Å². The summed E-state index contributed by atoms with van der Waals surface area (Å²) >= 11 is 0. The van der Waals surface area contributed by atoms with E-state index in [0.29, 0.717) is 29.4 Å². The van der Waals surface area contributed by atoms with Crippen molar-refractivity contribution >= 4 is 25.7 Å². The molecule has 0 spiro atoms. The molecule has 226 valence electrons. The van der Waals surface area contributed by atoms with Crippen molar-refractivity contribution in [2.45, 2.75) is 22.8 Å². The highest BCUT2D eigenvalue weighted by Crippen LogP contribution is 2.37. The fourth-order valence-electron chi connectivity index (χ4n) is 5.32. The maximum absolute atomic E-state index is 14.3. The molecule has 10 nitrogen and oxygen atoms in total. The third-order valence-corrected chi connectivity index (χ3v) is 11.4. The monoisotopic (exact) mass is 623 g/mol. The lowest BCUT2D eigenvalue weighted by Crippen LogP contribution is -2.49. The number of sulfonamides is 2. The molecule has 5 rings (SSSR count). The molecule has 1 saturated heterocycles. The van der Waals surface area contributed by atoms with E-state index in [1.807, 2.05) is 6.07 Å². The molecule has 0 atom stereocenters. The normalized spacial score (nSPS) is 16.6. The Hall–Kier alpha value is -3.46. The number of nitrogens with zero attached hydrogens (tertiary/aromatic N) is 3. The lowest BCUT2D eigenvalue weighted by atomic mass is 10.0. The second-order valence-electron chi connectivity index (χ2n) is 9.84. The highest BCUT2D eigenvalue weighted by Gasteiger charge is 2.35. The van der Waals surface area contributed by atoms with Crippen LogP contribution in [0.3, 0.4) is 0 Å². The molecule has 14 heteroatoms. The van der Waals surface area contributed by atoms with E-state index in [9.17, 15) is 25.6 Å². The van der Waals surface area contributed by atoms with Crippen LogP contribution in [0.5, 0.6) is 17.2 Å². The fourth-order valence-corrected chi connectivity index (χ4v) is 8.29. The second-order valence-corrected chi connectivity index (χ2v) is 13.7. The summed E-state index contributed by atoms with van der Waals surface area (Å²) in [5, 5.41) is 0. The van der Waals surface area contributed by atoms with Crippen LogP contribution in [0.4, 0.5) is 14.5 Å². The molecular formula is C28H31F2N3O7S2. The minimum absolute atomic E-state index is 0.0608. The van der Waals surface area contributed by atoms with Crippen LogP contribution in [0.25, 0.3) is 0 Å². The molecule has 0 N–H and O–H groups in total. The molecule has 42 heavy (non-hydrogen) atoms. The first-order chi connectivity index (χ1) is 20.0. The standard InChI is InChI=1S/C28H31F2N3O7S2/c1-38-25-8-7-21(41(34,35)33-10-9-19-15-26(39-2)27(40-3)16-20(19)18-33)17-24(25)31-11-13-32(14-12-31)42(36,37)28-22(29)5-4-6-23(28)30/h4-8,15-17H,9-14,18H2,1-3H3. The van der Waals surface area contributed by atoms with Crippen molar-refractivity contribution in [3.05, 3.63) is 71.3 Å². The Morgan fingerprint density at radius 2 is 1.26 bits per heavy atom. The summed E-state index contributed by atoms with van der Waals surface area (Å²) in [6, 6.07) is 11.1. The van der Waals surface area contributed by atoms with Crippen LogP contribution in [-0.4, -0.2) is 79.5 Å². The predicted molar refractivity (Wildman–Crippen MR) is 151 cm³/mol. The third kappa shape index (κ3) is 5.39. The zero-order valence-electron chi connectivity index (χ0n) is 23.3. The van der Waals surface area contributed by atoms with Gasteiger partial charge >= 0.3 is 0 Å². The topological polar surface area (TPSA) is 106 Å². The van der Waals surface area contributed by atoms with Gasteiger partial charge in [0, 0.05) is 39.3 Å². The molecule has 1 fully saturated rings. The van der Waals surface area contributed by atoms with Gasteiger partial charge in [-0.3, -0.25) is 0 Å². The Kier molecular flexibility index (Phi) is 8.34. The zero-order chi connectivity index (χ0) is 30.2. The van der Waals surface area contributed by atoms with Crippen molar-refractivity contribution in [2.75, 3.05) is 59.0 Å². The van der Waals surface area contributed by atoms with E-state index in [0.717, 1.165) is 33.6 Å². The lowest BCUT2D eigenvalue weighted by Gasteiger charge is -2.36. The summed E-state index contributed by atoms with van der Waals surface area (Å²) < 4.78 is 101. The first-order valence-electron chi connectivity index (χ1n) is 13.1. The van der Waals surface area contributed by atoms with E-state index >= 15 is 0 Å². The van der Waals surface area contributed by atoms with Gasteiger partial charge in [0.05, 0.1) is 31.9 Å². The largest absolute Gasteiger partial charge is 0.495 e. The summed E-state index contributed by atoms with van der Waals surface area (Å²) in [5.74, 6) is -0.809.